The molecule has 27 heavy (non-hydrogen) atoms. The van der Waals surface area contributed by atoms with Crippen LogP contribution in [0.15, 0.2) is 18.2 Å². The molecule has 3 heteroatoms. The normalized spacial score (nSPS) is 12.6. The van der Waals surface area contributed by atoms with E-state index in [0.29, 0.717) is 11.8 Å². The number of aryl methyl sites for hydroxylation is 3. The third-order valence-corrected chi connectivity index (χ3v) is 5.58. The highest BCUT2D eigenvalue weighted by atomic mass is 16.3. The molecule has 2 aromatic rings. The summed E-state index contributed by atoms with van der Waals surface area (Å²) >= 11 is 0. The smallest absolute Gasteiger partial charge is 0.0755 e. The fourth-order valence-corrected chi connectivity index (χ4v) is 3.67. The van der Waals surface area contributed by atoms with E-state index in [1.54, 1.807) is 0 Å². The maximum Gasteiger partial charge on any atom is 0.0755 e. The average Bonchev–Trinajstić information content (AvgIpc) is 2.67. The van der Waals surface area contributed by atoms with Crippen LogP contribution in [0.1, 0.15) is 81.6 Å². The molecule has 0 aromatic carbocycles. The summed E-state index contributed by atoms with van der Waals surface area (Å²) < 4.78 is 0. The zero-order valence-corrected chi connectivity index (χ0v) is 18.0. The number of rotatable bonds is 9. The molecule has 0 aliphatic carbocycles. The SMILES string of the molecule is CCc1cc(CC(CC)CCO)c(C)nc1-c1ccc(C(C)C)nc1CC. The van der Waals surface area contributed by atoms with E-state index >= 15 is 0 Å². The van der Waals surface area contributed by atoms with Crippen molar-refractivity contribution in [3.8, 4) is 11.3 Å². The Morgan fingerprint density at radius 1 is 1.00 bits per heavy atom. The van der Waals surface area contributed by atoms with Crippen LogP contribution in [0.4, 0.5) is 0 Å². The molecule has 0 bridgehead atoms. The molecule has 3 nitrogen and oxygen atoms in total. The van der Waals surface area contributed by atoms with Gasteiger partial charge in [0.1, 0.15) is 0 Å². The molecule has 1 atom stereocenters. The molecule has 0 saturated carbocycles. The molecule has 0 aliphatic rings. The molecule has 0 radical (unpaired) electrons. The standard InChI is InChI=1S/C24H36N2O/c1-7-18(12-13-27)14-20-15-19(8-2)24(25-17(20)6)21-10-11-23(16(4)5)26-22(21)9-3/h10-11,15-16,18,27H,7-9,12-14H2,1-6H3. The zero-order chi connectivity index (χ0) is 20.0. The second-order valence-corrected chi connectivity index (χ2v) is 7.82. The first kappa shape index (κ1) is 21.6. The van der Waals surface area contributed by atoms with Crippen molar-refractivity contribution < 1.29 is 5.11 Å². The van der Waals surface area contributed by atoms with Crippen LogP contribution in [0, 0.1) is 12.8 Å². The van der Waals surface area contributed by atoms with Crippen LogP contribution in [0.2, 0.25) is 0 Å². The van der Waals surface area contributed by atoms with Crippen LogP contribution < -0.4 is 0 Å². The van der Waals surface area contributed by atoms with Gasteiger partial charge in [0.05, 0.1) is 5.69 Å². The van der Waals surface area contributed by atoms with E-state index in [4.69, 9.17) is 9.97 Å². The van der Waals surface area contributed by atoms with Gasteiger partial charge in [0.2, 0.25) is 0 Å². The molecular formula is C24H36N2O. The predicted molar refractivity (Wildman–Crippen MR) is 114 cm³/mol. The lowest BCUT2D eigenvalue weighted by molar-refractivity contribution is 0.253. The topological polar surface area (TPSA) is 46.0 Å². The van der Waals surface area contributed by atoms with Crippen molar-refractivity contribution >= 4 is 0 Å². The van der Waals surface area contributed by atoms with Gasteiger partial charge in [-0.25, -0.2) is 0 Å². The van der Waals surface area contributed by atoms with E-state index in [-0.39, 0.29) is 6.61 Å². The maximum atomic E-state index is 9.31. The highest BCUT2D eigenvalue weighted by Gasteiger charge is 2.17. The number of aliphatic hydroxyl groups is 1. The highest BCUT2D eigenvalue weighted by molar-refractivity contribution is 5.66. The molecule has 2 rings (SSSR count). The lowest BCUT2D eigenvalue weighted by atomic mass is 9.91. The lowest BCUT2D eigenvalue weighted by Crippen LogP contribution is -2.09. The maximum absolute atomic E-state index is 9.31. The highest BCUT2D eigenvalue weighted by Crippen LogP contribution is 2.30. The van der Waals surface area contributed by atoms with Crippen LogP contribution in [0.25, 0.3) is 11.3 Å². The van der Waals surface area contributed by atoms with Gasteiger partial charge in [-0.1, -0.05) is 47.1 Å². The van der Waals surface area contributed by atoms with E-state index in [1.165, 1.54) is 16.7 Å². The summed E-state index contributed by atoms with van der Waals surface area (Å²) in [5.41, 5.74) is 8.28. The van der Waals surface area contributed by atoms with Crippen molar-refractivity contribution in [2.24, 2.45) is 5.92 Å². The number of aromatic nitrogens is 2. The number of nitrogens with zero attached hydrogens (tertiary/aromatic N) is 2. The fourth-order valence-electron chi connectivity index (χ4n) is 3.67. The van der Waals surface area contributed by atoms with E-state index in [1.807, 2.05) is 0 Å². The Morgan fingerprint density at radius 2 is 1.74 bits per heavy atom. The summed E-state index contributed by atoms with van der Waals surface area (Å²) in [6.45, 7) is 13.3. The Hall–Kier alpha value is -1.74. The minimum Gasteiger partial charge on any atom is -0.396 e. The predicted octanol–water partition coefficient (Wildman–Crippen LogP) is 5.65. The van der Waals surface area contributed by atoms with Crippen LogP contribution in [-0.4, -0.2) is 21.7 Å². The molecule has 1 unspecified atom stereocenters. The summed E-state index contributed by atoms with van der Waals surface area (Å²) in [5.74, 6) is 0.953. The number of hydrogen-bond acceptors (Lipinski definition) is 3. The minimum absolute atomic E-state index is 0.261. The zero-order valence-electron chi connectivity index (χ0n) is 18.0. The third kappa shape index (κ3) is 5.16. The van der Waals surface area contributed by atoms with E-state index in [2.05, 4.69) is 59.7 Å². The quantitative estimate of drug-likeness (QED) is 0.622. The Bertz CT molecular complexity index is 752. The van der Waals surface area contributed by atoms with Gasteiger partial charge >= 0.3 is 0 Å². The summed E-state index contributed by atoms with van der Waals surface area (Å²) in [7, 11) is 0. The molecule has 0 amide bonds. The number of hydrogen-bond donors (Lipinski definition) is 1. The molecule has 148 valence electrons. The molecule has 0 aliphatic heterocycles. The first-order valence-electron chi connectivity index (χ1n) is 10.5. The van der Waals surface area contributed by atoms with Gasteiger partial charge < -0.3 is 5.11 Å². The summed E-state index contributed by atoms with van der Waals surface area (Å²) in [4.78, 5) is 9.96. The van der Waals surface area contributed by atoms with Crippen molar-refractivity contribution in [3.63, 3.8) is 0 Å². The van der Waals surface area contributed by atoms with Gasteiger partial charge in [-0.3, -0.25) is 9.97 Å². The van der Waals surface area contributed by atoms with Crippen molar-refractivity contribution in [1.82, 2.24) is 9.97 Å². The summed E-state index contributed by atoms with van der Waals surface area (Å²) in [6.07, 6.45) is 4.81. The van der Waals surface area contributed by atoms with Crippen molar-refractivity contribution in [3.05, 3.63) is 46.4 Å². The van der Waals surface area contributed by atoms with E-state index < -0.39 is 0 Å². The second kappa shape index (κ2) is 9.98. The molecule has 1 N–H and O–H groups in total. The minimum atomic E-state index is 0.261. The average molecular weight is 369 g/mol. The monoisotopic (exact) mass is 368 g/mol. The van der Waals surface area contributed by atoms with Gasteiger partial charge in [-0.15, -0.1) is 0 Å². The first-order valence-corrected chi connectivity index (χ1v) is 10.5. The summed E-state index contributed by atoms with van der Waals surface area (Å²) in [5, 5.41) is 9.31. The lowest BCUT2D eigenvalue weighted by Gasteiger charge is -2.19. The Labute approximate surface area is 165 Å². The van der Waals surface area contributed by atoms with Crippen molar-refractivity contribution in [1.29, 1.82) is 0 Å². The number of aliphatic hydroxyl groups excluding tert-OH is 1. The molecule has 0 saturated heterocycles. The fraction of sp³-hybridized carbons (Fsp3) is 0.583. The van der Waals surface area contributed by atoms with E-state index in [9.17, 15) is 5.11 Å². The van der Waals surface area contributed by atoms with Crippen LogP contribution in [0.5, 0.6) is 0 Å². The van der Waals surface area contributed by atoms with Gasteiger partial charge in [0.25, 0.3) is 0 Å². The van der Waals surface area contributed by atoms with Crippen LogP contribution in [-0.2, 0) is 19.3 Å². The first-order chi connectivity index (χ1) is 12.9. The number of pyridine rings is 2. The molecule has 2 heterocycles. The Morgan fingerprint density at radius 3 is 2.30 bits per heavy atom. The van der Waals surface area contributed by atoms with Gasteiger partial charge in [-0.2, -0.15) is 0 Å². The Kier molecular flexibility index (Phi) is 7.97. The van der Waals surface area contributed by atoms with Gasteiger partial charge in [-0.05, 0) is 67.7 Å². The molecule has 0 spiro atoms. The van der Waals surface area contributed by atoms with Crippen molar-refractivity contribution in [2.45, 2.75) is 79.6 Å². The van der Waals surface area contributed by atoms with Crippen LogP contribution in [0.3, 0.4) is 0 Å². The third-order valence-electron chi connectivity index (χ3n) is 5.58. The van der Waals surface area contributed by atoms with Gasteiger partial charge in [0, 0.05) is 29.3 Å². The molecule has 0 fully saturated rings. The Balaban J connectivity index is 2.48. The second-order valence-electron chi connectivity index (χ2n) is 7.82. The van der Waals surface area contributed by atoms with E-state index in [0.717, 1.165) is 54.9 Å². The molecular weight excluding hydrogens is 332 g/mol. The van der Waals surface area contributed by atoms with Crippen LogP contribution >= 0.6 is 0 Å². The molecule has 2 aromatic heterocycles. The van der Waals surface area contributed by atoms with Crippen molar-refractivity contribution in [2.75, 3.05) is 6.61 Å². The summed E-state index contributed by atoms with van der Waals surface area (Å²) in [6, 6.07) is 6.70. The van der Waals surface area contributed by atoms with Gasteiger partial charge in [0.15, 0.2) is 0 Å². The largest absolute Gasteiger partial charge is 0.396 e.